The molecule has 27 heavy (non-hydrogen) atoms. The molecule has 1 aromatic rings. The largest absolute Gasteiger partial charge is 0.481 e. The molecule has 2 saturated heterocycles. The summed E-state index contributed by atoms with van der Waals surface area (Å²) in [5, 5.41) is 10.4. The Morgan fingerprint density at radius 3 is 2.78 bits per heavy atom. The number of aliphatic carboxylic acids is 1. The fraction of sp³-hybridized carbons (Fsp3) is 0.625. The van der Waals surface area contributed by atoms with Gasteiger partial charge in [-0.3, -0.25) is 9.59 Å². The smallest absolute Gasteiger partial charge is 0.313 e. The van der Waals surface area contributed by atoms with Gasteiger partial charge in [-0.15, -0.1) is 11.8 Å². The minimum absolute atomic E-state index is 0.121. The van der Waals surface area contributed by atoms with E-state index in [0.717, 1.165) is 5.56 Å². The van der Waals surface area contributed by atoms with Gasteiger partial charge in [0.25, 0.3) is 0 Å². The molecule has 3 atom stereocenters. The monoisotopic (exact) mass is 413 g/mol. The molecule has 0 bridgehead atoms. The number of carboxylic acid groups (broad SMARTS) is 1. The zero-order valence-electron chi connectivity index (χ0n) is 15.3. The van der Waals surface area contributed by atoms with Crippen molar-refractivity contribution in [3.05, 3.63) is 5.56 Å². The average molecular weight is 414 g/mol. The van der Waals surface area contributed by atoms with E-state index in [1.165, 1.54) is 23.5 Å². The van der Waals surface area contributed by atoms with E-state index in [4.69, 9.17) is 17.2 Å². The number of β-lactam (4-membered cyclic amide) rings is 1. The van der Waals surface area contributed by atoms with Gasteiger partial charge in [0.05, 0.1) is 12.1 Å². The van der Waals surface area contributed by atoms with E-state index in [1.807, 2.05) is 18.4 Å². The number of fused-ring (bicyclic) bond motifs is 1. The number of carboxylic acids is 1. The fourth-order valence-electron chi connectivity index (χ4n) is 3.42. The molecule has 1 aromatic heterocycles. The van der Waals surface area contributed by atoms with E-state index in [2.05, 4.69) is 4.98 Å². The molecular formula is C16H25N6O3S2+. The van der Waals surface area contributed by atoms with Crippen LogP contribution in [0.3, 0.4) is 0 Å². The van der Waals surface area contributed by atoms with E-state index in [9.17, 15) is 14.7 Å². The molecule has 7 N–H and O–H groups in total. The van der Waals surface area contributed by atoms with Crippen LogP contribution < -0.4 is 21.8 Å². The second-order valence-corrected chi connectivity index (χ2v) is 8.86. The first-order chi connectivity index (χ1) is 12.8. The van der Waals surface area contributed by atoms with Crippen molar-refractivity contribution >= 4 is 47.0 Å². The Bertz CT molecular complexity index is 792. The highest BCUT2D eigenvalue weighted by Crippen LogP contribution is 2.43. The highest BCUT2D eigenvalue weighted by molar-refractivity contribution is 8.00. The van der Waals surface area contributed by atoms with Gasteiger partial charge in [0.1, 0.15) is 16.8 Å². The van der Waals surface area contributed by atoms with Crippen LogP contribution in [-0.2, 0) is 22.6 Å². The number of nitrogens with two attached hydrogens (primary N) is 3. The molecule has 3 heterocycles. The standard InChI is InChI=1S/C16H24N6O3S2/c1-3-8-10(18)20-15(21(4-2)11(8)19)27-7-16(14(24)25)5-22-12(23)9(17)13(22)26-6-16/h9,13H,3-7,17H2,1-2H3,(H4,18,19,24,25)/p+1/t9?,13-,16?/m1/s1. The summed E-state index contributed by atoms with van der Waals surface area (Å²) in [5.74, 6) is 0.462. The van der Waals surface area contributed by atoms with Gasteiger partial charge in [0.2, 0.25) is 17.5 Å². The maximum absolute atomic E-state index is 12.1. The van der Waals surface area contributed by atoms with Crippen molar-refractivity contribution in [2.75, 3.05) is 29.5 Å². The van der Waals surface area contributed by atoms with Crippen LogP contribution >= 0.6 is 23.5 Å². The number of carbonyl (C=O) groups is 2. The molecule has 2 aliphatic rings. The topological polar surface area (TPSA) is 152 Å². The van der Waals surface area contributed by atoms with Gasteiger partial charge in [-0.25, -0.2) is 4.57 Å². The maximum Gasteiger partial charge on any atom is 0.313 e. The van der Waals surface area contributed by atoms with Crippen molar-refractivity contribution in [1.82, 2.24) is 9.88 Å². The number of amides is 1. The molecule has 2 aliphatic heterocycles. The van der Waals surface area contributed by atoms with Crippen LogP contribution in [0.25, 0.3) is 0 Å². The molecule has 0 spiro atoms. The van der Waals surface area contributed by atoms with E-state index in [-0.39, 0.29) is 23.6 Å². The highest BCUT2D eigenvalue weighted by Gasteiger charge is 2.56. The fourth-order valence-corrected chi connectivity index (χ4v) is 6.30. The quantitative estimate of drug-likeness (QED) is 0.210. The minimum Gasteiger partial charge on any atom is -0.481 e. The summed E-state index contributed by atoms with van der Waals surface area (Å²) < 4.78 is 1.85. The average Bonchev–Trinajstić information content (AvgIpc) is 2.65. The van der Waals surface area contributed by atoms with Gasteiger partial charge in [0.15, 0.2) is 0 Å². The molecule has 148 valence electrons. The van der Waals surface area contributed by atoms with E-state index >= 15 is 0 Å². The van der Waals surface area contributed by atoms with Gasteiger partial charge in [-0.2, -0.15) is 0 Å². The third-order valence-electron chi connectivity index (χ3n) is 5.14. The number of aromatic nitrogens is 2. The highest BCUT2D eigenvalue weighted by atomic mass is 32.2. The zero-order chi connectivity index (χ0) is 19.9. The molecule has 2 unspecified atom stereocenters. The lowest BCUT2D eigenvalue weighted by Gasteiger charge is -2.52. The molecule has 2 fully saturated rings. The predicted octanol–water partition coefficient (Wildman–Crippen LogP) is -0.479. The number of rotatable bonds is 6. The second-order valence-electron chi connectivity index (χ2n) is 6.81. The van der Waals surface area contributed by atoms with Gasteiger partial charge in [-0.05, 0) is 13.3 Å². The van der Waals surface area contributed by atoms with Crippen LogP contribution in [0.5, 0.6) is 0 Å². The van der Waals surface area contributed by atoms with Crippen molar-refractivity contribution in [2.24, 2.45) is 11.1 Å². The lowest BCUT2D eigenvalue weighted by Crippen LogP contribution is -2.72. The Kier molecular flexibility index (Phi) is 5.46. The van der Waals surface area contributed by atoms with E-state index in [1.54, 1.807) is 4.90 Å². The van der Waals surface area contributed by atoms with Crippen LogP contribution in [-0.4, -0.2) is 56.3 Å². The Morgan fingerprint density at radius 1 is 1.48 bits per heavy atom. The number of nitrogens with zero attached hydrogens (tertiary/aromatic N) is 3. The summed E-state index contributed by atoms with van der Waals surface area (Å²) in [6.45, 7) is 4.67. The molecule has 0 radical (unpaired) electrons. The van der Waals surface area contributed by atoms with Gasteiger partial charge in [-0.1, -0.05) is 23.7 Å². The summed E-state index contributed by atoms with van der Waals surface area (Å²) in [5.41, 5.74) is 17.8. The molecule has 11 heteroatoms. The summed E-state index contributed by atoms with van der Waals surface area (Å²) in [6, 6.07) is -0.528. The van der Waals surface area contributed by atoms with Crippen LogP contribution in [0.15, 0.2) is 5.16 Å². The number of hydrogen-bond acceptors (Lipinski definition) is 8. The molecule has 1 amide bonds. The Labute approximate surface area is 166 Å². The lowest BCUT2D eigenvalue weighted by atomic mass is 9.89. The van der Waals surface area contributed by atoms with Crippen molar-refractivity contribution < 1.29 is 19.3 Å². The molecule has 0 saturated carbocycles. The third-order valence-corrected chi connectivity index (χ3v) is 8.02. The van der Waals surface area contributed by atoms with Crippen LogP contribution in [0.4, 0.5) is 11.6 Å². The van der Waals surface area contributed by atoms with Gasteiger partial charge < -0.3 is 27.2 Å². The molecule has 3 rings (SSSR count). The number of anilines is 2. The van der Waals surface area contributed by atoms with Crippen molar-refractivity contribution in [1.29, 1.82) is 0 Å². The SMILES string of the molecule is CCc1c(N)nc(SCC2(C(=O)O)CS[C@@H]3C(N)C(=O)N3C2)[n+](CC)c1N. The molecule has 0 aromatic carbocycles. The summed E-state index contributed by atoms with van der Waals surface area (Å²) in [7, 11) is 0. The number of carbonyl (C=O) groups excluding carboxylic acids is 1. The van der Waals surface area contributed by atoms with Gasteiger partial charge >= 0.3 is 11.1 Å². The first-order valence-corrected chi connectivity index (χ1v) is 10.8. The third kappa shape index (κ3) is 3.21. The van der Waals surface area contributed by atoms with E-state index in [0.29, 0.717) is 35.5 Å². The lowest BCUT2D eigenvalue weighted by molar-refractivity contribution is -0.720. The summed E-state index contributed by atoms with van der Waals surface area (Å²) in [6.07, 6.45) is 0.671. The van der Waals surface area contributed by atoms with Gasteiger partial charge in [0, 0.05) is 18.1 Å². The second kappa shape index (κ2) is 7.36. The summed E-state index contributed by atoms with van der Waals surface area (Å²) >= 11 is 2.74. The Balaban J connectivity index is 1.84. The Hall–Kier alpha value is -1.72. The Morgan fingerprint density at radius 2 is 2.19 bits per heavy atom. The van der Waals surface area contributed by atoms with Crippen LogP contribution in [0.1, 0.15) is 19.4 Å². The molecule has 9 nitrogen and oxygen atoms in total. The first kappa shape index (κ1) is 20.0. The normalized spacial score (nSPS) is 27.2. The minimum atomic E-state index is -1.07. The number of hydrogen-bond donors (Lipinski definition) is 4. The zero-order valence-corrected chi connectivity index (χ0v) is 17.0. The molecular weight excluding hydrogens is 388 g/mol. The van der Waals surface area contributed by atoms with Crippen molar-refractivity contribution in [3.63, 3.8) is 0 Å². The van der Waals surface area contributed by atoms with Crippen molar-refractivity contribution in [2.45, 2.75) is 43.4 Å². The maximum atomic E-state index is 12.1. The summed E-state index contributed by atoms with van der Waals surface area (Å²) in [4.78, 5) is 30.1. The predicted molar refractivity (Wildman–Crippen MR) is 105 cm³/mol. The molecule has 0 aliphatic carbocycles. The number of nitrogen functional groups attached to an aromatic ring is 2. The first-order valence-electron chi connectivity index (χ1n) is 8.77. The van der Waals surface area contributed by atoms with Crippen LogP contribution in [0, 0.1) is 5.41 Å². The van der Waals surface area contributed by atoms with Crippen LogP contribution in [0.2, 0.25) is 0 Å². The number of thioether (sulfide) groups is 2. The van der Waals surface area contributed by atoms with Crippen molar-refractivity contribution in [3.8, 4) is 0 Å². The van der Waals surface area contributed by atoms with E-state index < -0.39 is 17.4 Å².